The maximum Gasteiger partial charge on any atom is 0.259 e. The predicted molar refractivity (Wildman–Crippen MR) is 69.3 cm³/mol. The fourth-order valence-corrected chi connectivity index (χ4v) is 2.48. The van der Waals surface area contributed by atoms with Crippen LogP contribution in [0.2, 0.25) is 0 Å². The molecule has 0 aliphatic rings. The number of ether oxygens (including phenoxy) is 1. The molecule has 0 amide bonds. The van der Waals surface area contributed by atoms with Gasteiger partial charge in [0, 0.05) is 25.9 Å². The zero-order valence-electron chi connectivity index (χ0n) is 10.5. The third kappa shape index (κ3) is 3.94. The molecule has 0 fully saturated rings. The summed E-state index contributed by atoms with van der Waals surface area (Å²) in [6.45, 7) is 2.91. The van der Waals surface area contributed by atoms with Gasteiger partial charge in [0.25, 0.3) is 10.0 Å². The molecule has 1 rings (SSSR count). The number of likely N-dealkylation sites (N-methyl/N-ethyl adjacent to an activating group) is 1. The minimum atomic E-state index is -3.51. The summed E-state index contributed by atoms with van der Waals surface area (Å²) >= 11 is 5.45. The van der Waals surface area contributed by atoms with Gasteiger partial charge in [0.05, 0.1) is 19.4 Å². The van der Waals surface area contributed by atoms with Crippen molar-refractivity contribution in [2.45, 2.75) is 18.4 Å². The number of aromatic amines is 1. The summed E-state index contributed by atoms with van der Waals surface area (Å²) in [5.74, 6) is 1.05. The van der Waals surface area contributed by atoms with Crippen LogP contribution >= 0.6 is 11.6 Å². The number of halogens is 1. The molecule has 1 aromatic heterocycles. The van der Waals surface area contributed by atoms with E-state index >= 15 is 0 Å². The summed E-state index contributed by atoms with van der Waals surface area (Å²) in [6, 6.07) is 0. The molecule has 0 saturated heterocycles. The number of rotatable bonds is 8. The van der Waals surface area contributed by atoms with Crippen LogP contribution in [0.1, 0.15) is 12.7 Å². The van der Waals surface area contributed by atoms with Crippen molar-refractivity contribution >= 4 is 21.6 Å². The Balaban J connectivity index is 2.62. The number of hydrogen-bond acceptors (Lipinski definition) is 4. The number of nitrogens with one attached hydrogen (secondary N) is 1. The summed E-state index contributed by atoms with van der Waals surface area (Å²) in [7, 11) is -2.01. The monoisotopic (exact) mass is 295 g/mol. The highest BCUT2D eigenvalue weighted by Crippen LogP contribution is 2.11. The lowest BCUT2D eigenvalue weighted by Crippen LogP contribution is -2.30. The van der Waals surface area contributed by atoms with Crippen LogP contribution < -0.4 is 0 Å². The summed E-state index contributed by atoms with van der Waals surface area (Å²) in [5.41, 5.74) is 0. The Kier molecular flexibility index (Phi) is 6.07. The second-order valence-corrected chi connectivity index (χ2v) is 6.07. The second kappa shape index (κ2) is 7.08. The van der Waals surface area contributed by atoms with Crippen LogP contribution in [0.15, 0.2) is 11.2 Å². The predicted octanol–water partition coefficient (Wildman–Crippen LogP) is 0.848. The van der Waals surface area contributed by atoms with E-state index < -0.39 is 10.0 Å². The SMILES string of the molecule is CCc1ncc(S(=O)(=O)N(C)CCOCCCl)[nH]1. The van der Waals surface area contributed by atoms with Crippen molar-refractivity contribution in [2.24, 2.45) is 0 Å². The van der Waals surface area contributed by atoms with Gasteiger partial charge < -0.3 is 9.72 Å². The zero-order valence-corrected chi connectivity index (χ0v) is 12.1. The van der Waals surface area contributed by atoms with Gasteiger partial charge in [0.15, 0.2) is 5.03 Å². The molecule has 1 aromatic rings. The maximum absolute atomic E-state index is 12.1. The van der Waals surface area contributed by atoms with Gasteiger partial charge in [-0.1, -0.05) is 6.92 Å². The van der Waals surface area contributed by atoms with Gasteiger partial charge in [-0.15, -0.1) is 11.6 Å². The fraction of sp³-hybridized carbons (Fsp3) is 0.700. The molecule has 0 bridgehead atoms. The number of nitrogens with zero attached hydrogens (tertiary/aromatic N) is 2. The highest BCUT2D eigenvalue weighted by Gasteiger charge is 2.22. The molecular formula is C10H18ClN3O3S. The van der Waals surface area contributed by atoms with Gasteiger partial charge >= 0.3 is 0 Å². The molecule has 0 saturated carbocycles. The number of alkyl halides is 1. The molecule has 0 aliphatic heterocycles. The number of aromatic nitrogens is 2. The average Bonchev–Trinajstić information content (AvgIpc) is 2.83. The van der Waals surface area contributed by atoms with Gasteiger partial charge in [-0.2, -0.15) is 4.31 Å². The van der Waals surface area contributed by atoms with Crippen molar-refractivity contribution in [1.82, 2.24) is 14.3 Å². The molecule has 1 heterocycles. The number of imidazole rings is 1. The van der Waals surface area contributed by atoms with Crippen LogP contribution in [0, 0.1) is 0 Å². The molecule has 104 valence electrons. The molecule has 0 unspecified atom stereocenters. The van der Waals surface area contributed by atoms with E-state index in [4.69, 9.17) is 16.3 Å². The first kappa shape index (κ1) is 15.4. The minimum Gasteiger partial charge on any atom is -0.379 e. The van der Waals surface area contributed by atoms with Crippen molar-refractivity contribution in [3.63, 3.8) is 0 Å². The molecule has 1 N–H and O–H groups in total. The van der Waals surface area contributed by atoms with Crippen molar-refractivity contribution in [2.75, 3.05) is 32.7 Å². The first-order valence-corrected chi connectivity index (χ1v) is 7.63. The smallest absolute Gasteiger partial charge is 0.259 e. The van der Waals surface area contributed by atoms with Crippen molar-refractivity contribution in [3.8, 4) is 0 Å². The number of sulfonamides is 1. The first-order chi connectivity index (χ1) is 8.52. The van der Waals surface area contributed by atoms with Crippen LogP contribution in [0.3, 0.4) is 0 Å². The normalized spacial score (nSPS) is 12.2. The van der Waals surface area contributed by atoms with Crippen LogP contribution in [0.25, 0.3) is 0 Å². The Morgan fingerprint density at radius 2 is 2.22 bits per heavy atom. The molecular weight excluding hydrogens is 278 g/mol. The Labute approximate surface area is 112 Å². The average molecular weight is 296 g/mol. The molecule has 0 aromatic carbocycles. The third-order valence-electron chi connectivity index (χ3n) is 2.40. The van der Waals surface area contributed by atoms with E-state index in [0.717, 1.165) is 0 Å². The van der Waals surface area contributed by atoms with E-state index in [1.165, 1.54) is 17.5 Å². The largest absolute Gasteiger partial charge is 0.379 e. The summed E-state index contributed by atoms with van der Waals surface area (Å²) < 4.78 is 30.6. The van der Waals surface area contributed by atoms with Gasteiger partial charge in [-0.25, -0.2) is 13.4 Å². The van der Waals surface area contributed by atoms with E-state index in [-0.39, 0.29) is 11.6 Å². The lowest BCUT2D eigenvalue weighted by molar-refractivity contribution is 0.140. The van der Waals surface area contributed by atoms with E-state index in [0.29, 0.717) is 31.3 Å². The number of hydrogen-bond donors (Lipinski definition) is 1. The van der Waals surface area contributed by atoms with Crippen LogP contribution in [-0.2, 0) is 21.2 Å². The first-order valence-electron chi connectivity index (χ1n) is 5.66. The second-order valence-electron chi connectivity index (χ2n) is 3.68. The molecule has 0 atom stereocenters. The number of H-pyrrole nitrogens is 1. The summed E-state index contributed by atoms with van der Waals surface area (Å²) in [6.07, 6.45) is 2.00. The summed E-state index contributed by atoms with van der Waals surface area (Å²) in [5, 5.41) is 0.110. The molecule has 8 heteroatoms. The maximum atomic E-state index is 12.1. The van der Waals surface area contributed by atoms with Gasteiger partial charge in [-0.3, -0.25) is 0 Å². The molecule has 18 heavy (non-hydrogen) atoms. The quantitative estimate of drug-likeness (QED) is 0.570. The van der Waals surface area contributed by atoms with Crippen LogP contribution in [-0.4, -0.2) is 55.4 Å². The Morgan fingerprint density at radius 1 is 1.50 bits per heavy atom. The highest BCUT2D eigenvalue weighted by molar-refractivity contribution is 7.89. The minimum absolute atomic E-state index is 0.110. The Hall–Kier alpha value is -0.630. The lowest BCUT2D eigenvalue weighted by Gasteiger charge is -2.15. The van der Waals surface area contributed by atoms with Crippen molar-refractivity contribution in [3.05, 3.63) is 12.0 Å². The van der Waals surface area contributed by atoms with Gasteiger partial charge in [0.1, 0.15) is 5.82 Å². The Bertz CT molecular complexity index is 461. The molecule has 6 nitrogen and oxygen atoms in total. The zero-order chi connectivity index (χ0) is 13.6. The molecule has 0 radical (unpaired) electrons. The third-order valence-corrected chi connectivity index (χ3v) is 4.32. The summed E-state index contributed by atoms with van der Waals surface area (Å²) in [4.78, 5) is 6.77. The van der Waals surface area contributed by atoms with E-state index in [1.54, 1.807) is 0 Å². The van der Waals surface area contributed by atoms with Crippen molar-refractivity contribution < 1.29 is 13.2 Å². The van der Waals surface area contributed by atoms with E-state index in [2.05, 4.69) is 9.97 Å². The lowest BCUT2D eigenvalue weighted by atomic mass is 10.5. The topological polar surface area (TPSA) is 75.3 Å². The number of aryl methyl sites for hydroxylation is 1. The fourth-order valence-electron chi connectivity index (χ4n) is 1.29. The van der Waals surface area contributed by atoms with Crippen LogP contribution in [0.4, 0.5) is 0 Å². The standard InChI is InChI=1S/C10H18ClN3O3S/c1-3-9-12-8-10(13-9)18(15,16)14(2)5-7-17-6-4-11/h8H,3-7H2,1-2H3,(H,12,13). The van der Waals surface area contributed by atoms with Gasteiger partial charge in [0.2, 0.25) is 0 Å². The Morgan fingerprint density at radius 3 is 2.78 bits per heavy atom. The van der Waals surface area contributed by atoms with Crippen molar-refractivity contribution in [1.29, 1.82) is 0 Å². The molecule has 0 spiro atoms. The van der Waals surface area contributed by atoms with E-state index in [1.807, 2.05) is 6.92 Å². The highest BCUT2D eigenvalue weighted by atomic mass is 35.5. The van der Waals surface area contributed by atoms with E-state index in [9.17, 15) is 8.42 Å². The van der Waals surface area contributed by atoms with Gasteiger partial charge in [-0.05, 0) is 0 Å². The van der Waals surface area contributed by atoms with Crippen LogP contribution in [0.5, 0.6) is 0 Å². The molecule has 0 aliphatic carbocycles.